The standard InChI is InChI=1S/C15H18Cl2N2O2/c1-18-9-5-10-4-8(7-19(10)13(21)6-9)14-12(20)3-2-11(16)15(14)17/h2-3,8-10,18,20H,4-7H2,1H3/t8-,9?,10-/m0/s1. The normalized spacial score (nSPS) is 28.8. The molecule has 1 amide bonds. The van der Waals surface area contributed by atoms with Crippen LogP contribution >= 0.6 is 23.2 Å². The number of fused-ring (bicyclic) bond motifs is 1. The maximum Gasteiger partial charge on any atom is 0.224 e. The van der Waals surface area contributed by atoms with E-state index >= 15 is 0 Å². The zero-order chi connectivity index (χ0) is 15.1. The van der Waals surface area contributed by atoms with Crippen molar-refractivity contribution >= 4 is 29.1 Å². The molecule has 2 aliphatic heterocycles. The second kappa shape index (κ2) is 5.67. The molecule has 6 heteroatoms. The van der Waals surface area contributed by atoms with Gasteiger partial charge in [-0.1, -0.05) is 23.2 Å². The highest BCUT2D eigenvalue weighted by atomic mass is 35.5. The Kier molecular flexibility index (Phi) is 4.04. The van der Waals surface area contributed by atoms with Crippen molar-refractivity contribution < 1.29 is 9.90 Å². The molecule has 3 rings (SSSR count). The first-order chi connectivity index (χ1) is 10.0. The number of nitrogens with zero attached hydrogens (tertiary/aromatic N) is 1. The van der Waals surface area contributed by atoms with E-state index in [1.807, 2.05) is 11.9 Å². The maximum atomic E-state index is 12.2. The highest BCUT2D eigenvalue weighted by Gasteiger charge is 2.42. The van der Waals surface area contributed by atoms with Gasteiger partial charge in [0.1, 0.15) is 5.75 Å². The molecule has 21 heavy (non-hydrogen) atoms. The lowest BCUT2D eigenvalue weighted by molar-refractivity contribution is -0.135. The van der Waals surface area contributed by atoms with Gasteiger partial charge in [-0.15, -0.1) is 0 Å². The molecule has 1 aromatic carbocycles. The van der Waals surface area contributed by atoms with Crippen LogP contribution in [0.15, 0.2) is 12.1 Å². The lowest BCUT2D eigenvalue weighted by Crippen LogP contribution is -2.48. The minimum Gasteiger partial charge on any atom is -0.508 e. The van der Waals surface area contributed by atoms with E-state index in [1.165, 1.54) is 0 Å². The molecule has 0 spiro atoms. The number of hydrogen-bond donors (Lipinski definition) is 2. The third-order valence-corrected chi connectivity index (χ3v) is 5.46. The average molecular weight is 329 g/mol. The van der Waals surface area contributed by atoms with Crippen LogP contribution < -0.4 is 5.32 Å². The van der Waals surface area contributed by atoms with Gasteiger partial charge in [0.15, 0.2) is 0 Å². The first kappa shape index (κ1) is 14.9. The molecule has 4 nitrogen and oxygen atoms in total. The predicted octanol–water partition coefficient (Wildman–Crippen LogP) is 2.77. The Morgan fingerprint density at radius 1 is 1.33 bits per heavy atom. The molecule has 2 saturated heterocycles. The first-order valence-electron chi connectivity index (χ1n) is 7.14. The summed E-state index contributed by atoms with van der Waals surface area (Å²) in [5.41, 5.74) is 0.673. The van der Waals surface area contributed by atoms with E-state index in [1.54, 1.807) is 12.1 Å². The largest absolute Gasteiger partial charge is 0.508 e. The van der Waals surface area contributed by atoms with Crippen LogP contribution in [-0.2, 0) is 4.79 Å². The summed E-state index contributed by atoms with van der Waals surface area (Å²) < 4.78 is 0. The summed E-state index contributed by atoms with van der Waals surface area (Å²) in [5, 5.41) is 14.1. The molecule has 0 aliphatic carbocycles. The number of phenolic OH excluding ortho intramolecular Hbond substituents is 1. The molecule has 2 aliphatic rings. The van der Waals surface area contributed by atoms with Crippen LogP contribution in [0.2, 0.25) is 10.0 Å². The van der Waals surface area contributed by atoms with Crippen LogP contribution in [-0.4, -0.2) is 41.6 Å². The summed E-state index contributed by atoms with van der Waals surface area (Å²) in [4.78, 5) is 14.1. The van der Waals surface area contributed by atoms with Gasteiger partial charge in [0.2, 0.25) is 5.91 Å². The molecule has 0 bridgehead atoms. The number of benzene rings is 1. The number of nitrogens with one attached hydrogen (secondary N) is 1. The summed E-state index contributed by atoms with van der Waals surface area (Å²) in [5.74, 6) is 0.373. The topological polar surface area (TPSA) is 52.6 Å². The summed E-state index contributed by atoms with van der Waals surface area (Å²) in [6, 6.07) is 3.61. The van der Waals surface area contributed by atoms with E-state index in [-0.39, 0.29) is 29.7 Å². The molecule has 2 fully saturated rings. The number of phenols is 1. The van der Waals surface area contributed by atoms with Crippen molar-refractivity contribution in [3.05, 3.63) is 27.7 Å². The molecule has 0 radical (unpaired) electrons. The Balaban J connectivity index is 1.88. The molecule has 0 saturated carbocycles. The van der Waals surface area contributed by atoms with Gasteiger partial charge in [0.25, 0.3) is 0 Å². The lowest BCUT2D eigenvalue weighted by atomic mass is 9.92. The summed E-state index contributed by atoms with van der Waals surface area (Å²) in [7, 11) is 1.89. The van der Waals surface area contributed by atoms with Gasteiger partial charge in [-0.05, 0) is 32.0 Å². The molecule has 1 aromatic rings. The number of rotatable bonds is 2. The molecule has 0 aromatic heterocycles. The van der Waals surface area contributed by atoms with Crippen LogP contribution in [0.5, 0.6) is 5.75 Å². The molecule has 1 unspecified atom stereocenters. The van der Waals surface area contributed by atoms with Crippen molar-refractivity contribution in [3.8, 4) is 5.75 Å². The maximum absolute atomic E-state index is 12.2. The smallest absolute Gasteiger partial charge is 0.224 e. The third-order valence-electron chi connectivity index (χ3n) is 4.64. The van der Waals surface area contributed by atoms with Crippen molar-refractivity contribution in [1.82, 2.24) is 10.2 Å². The Morgan fingerprint density at radius 3 is 2.81 bits per heavy atom. The second-order valence-electron chi connectivity index (χ2n) is 5.85. The van der Waals surface area contributed by atoms with Crippen molar-refractivity contribution in [1.29, 1.82) is 0 Å². The van der Waals surface area contributed by atoms with Gasteiger partial charge in [0, 0.05) is 36.5 Å². The number of halogens is 2. The SMILES string of the molecule is CNC1CC(=O)N2C[C@@H](c3c(O)ccc(Cl)c3Cl)C[C@H]2C1. The molecule has 2 heterocycles. The monoisotopic (exact) mass is 328 g/mol. The Bertz CT molecular complexity index is 579. The highest BCUT2D eigenvalue weighted by molar-refractivity contribution is 6.42. The minimum atomic E-state index is 0.0424. The number of hydrogen-bond acceptors (Lipinski definition) is 3. The van der Waals surface area contributed by atoms with Crippen molar-refractivity contribution in [2.24, 2.45) is 0 Å². The van der Waals surface area contributed by atoms with Gasteiger partial charge in [0.05, 0.1) is 10.0 Å². The number of carbonyl (C=O) groups is 1. The van der Waals surface area contributed by atoms with Gasteiger partial charge in [-0.3, -0.25) is 4.79 Å². The van der Waals surface area contributed by atoms with E-state index in [0.29, 0.717) is 28.6 Å². The van der Waals surface area contributed by atoms with E-state index in [4.69, 9.17) is 23.2 Å². The van der Waals surface area contributed by atoms with Crippen LogP contribution in [0, 0.1) is 0 Å². The van der Waals surface area contributed by atoms with Crippen molar-refractivity contribution in [2.45, 2.75) is 37.3 Å². The van der Waals surface area contributed by atoms with Crippen LogP contribution in [0.25, 0.3) is 0 Å². The van der Waals surface area contributed by atoms with Gasteiger partial charge < -0.3 is 15.3 Å². The Hall–Kier alpha value is -0.970. The summed E-state index contributed by atoms with van der Waals surface area (Å²) >= 11 is 12.3. The van der Waals surface area contributed by atoms with E-state index < -0.39 is 0 Å². The number of carbonyl (C=O) groups excluding carboxylic acids is 1. The first-order valence-corrected chi connectivity index (χ1v) is 7.90. The molecule has 2 N–H and O–H groups in total. The Labute approximate surface area is 134 Å². The summed E-state index contributed by atoms with van der Waals surface area (Å²) in [6.07, 6.45) is 2.30. The van der Waals surface area contributed by atoms with Crippen LogP contribution in [0.4, 0.5) is 0 Å². The molecular formula is C15H18Cl2N2O2. The second-order valence-corrected chi connectivity index (χ2v) is 6.64. The highest BCUT2D eigenvalue weighted by Crippen LogP contribution is 2.44. The van der Waals surface area contributed by atoms with E-state index in [0.717, 1.165) is 12.8 Å². The number of amides is 1. The number of piperidine rings is 1. The van der Waals surface area contributed by atoms with Gasteiger partial charge in [-0.25, -0.2) is 0 Å². The fourth-order valence-electron chi connectivity index (χ4n) is 3.56. The fourth-order valence-corrected chi connectivity index (χ4v) is 4.04. The fraction of sp³-hybridized carbons (Fsp3) is 0.533. The quantitative estimate of drug-likeness (QED) is 0.877. The average Bonchev–Trinajstić information content (AvgIpc) is 2.87. The van der Waals surface area contributed by atoms with Crippen molar-refractivity contribution in [3.63, 3.8) is 0 Å². The zero-order valence-electron chi connectivity index (χ0n) is 11.8. The minimum absolute atomic E-state index is 0.0424. The predicted molar refractivity (Wildman–Crippen MR) is 83.1 cm³/mol. The van der Waals surface area contributed by atoms with Crippen LogP contribution in [0.3, 0.4) is 0 Å². The van der Waals surface area contributed by atoms with Crippen molar-refractivity contribution in [2.75, 3.05) is 13.6 Å². The third kappa shape index (κ3) is 2.60. The van der Waals surface area contributed by atoms with Gasteiger partial charge >= 0.3 is 0 Å². The van der Waals surface area contributed by atoms with E-state index in [9.17, 15) is 9.90 Å². The lowest BCUT2D eigenvalue weighted by Gasteiger charge is -2.34. The summed E-state index contributed by atoms with van der Waals surface area (Å²) in [6.45, 7) is 0.605. The van der Waals surface area contributed by atoms with Crippen LogP contribution in [0.1, 0.15) is 30.7 Å². The van der Waals surface area contributed by atoms with Gasteiger partial charge in [-0.2, -0.15) is 0 Å². The number of aromatic hydroxyl groups is 1. The Morgan fingerprint density at radius 2 is 2.10 bits per heavy atom. The molecule has 3 atom stereocenters. The zero-order valence-corrected chi connectivity index (χ0v) is 13.3. The molecule has 114 valence electrons. The van der Waals surface area contributed by atoms with E-state index in [2.05, 4.69) is 5.32 Å². The molecular weight excluding hydrogens is 311 g/mol.